The van der Waals surface area contributed by atoms with E-state index in [0.717, 1.165) is 18.9 Å². The number of alkyl halides is 3. The van der Waals surface area contributed by atoms with Gasteiger partial charge in [-0.15, -0.1) is 0 Å². The quantitative estimate of drug-likeness (QED) is 0.821. The van der Waals surface area contributed by atoms with Crippen molar-refractivity contribution in [2.75, 3.05) is 17.2 Å². The molecule has 1 fully saturated rings. The normalized spacial score (nSPS) is 19.9. The number of carboxylic acids is 1. The number of rotatable bonds is 2. The maximum atomic E-state index is 12.8. The fourth-order valence-electron chi connectivity index (χ4n) is 2.47. The SMILES string of the molecule is Nc1ccc(N2CCCCC2C(=O)O)cc1C(F)(F)F. The third-order valence-electron chi connectivity index (χ3n) is 3.46. The largest absolute Gasteiger partial charge is 0.480 e. The molecule has 1 atom stereocenters. The first kappa shape index (κ1) is 14.5. The van der Waals surface area contributed by atoms with Gasteiger partial charge in [0, 0.05) is 17.9 Å². The summed E-state index contributed by atoms with van der Waals surface area (Å²) in [6, 6.07) is 2.75. The maximum absolute atomic E-state index is 12.8. The van der Waals surface area contributed by atoms with Gasteiger partial charge in [0.1, 0.15) is 6.04 Å². The Hall–Kier alpha value is -1.92. The van der Waals surface area contributed by atoms with Gasteiger partial charge >= 0.3 is 12.1 Å². The molecule has 0 amide bonds. The van der Waals surface area contributed by atoms with Gasteiger partial charge in [-0.05, 0) is 37.5 Å². The van der Waals surface area contributed by atoms with E-state index in [2.05, 4.69) is 0 Å². The molecule has 1 aromatic carbocycles. The second kappa shape index (κ2) is 5.22. The lowest BCUT2D eigenvalue weighted by Crippen LogP contribution is -2.44. The Kier molecular flexibility index (Phi) is 3.78. The number of aliphatic carboxylic acids is 1. The third-order valence-corrected chi connectivity index (χ3v) is 3.46. The van der Waals surface area contributed by atoms with E-state index in [1.807, 2.05) is 0 Å². The van der Waals surface area contributed by atoms with Crippen LogP contribution in [-0.2, 0) is 11.0 Å². The first-order valence-corrected chi connectivity index (χ1v) is 6.27. The van der Waals surface area contributed by atoms with E-state index in [1.54, 1.807) is 0 Å². The van der Waals surface area contributed by atoms with Gasteiger partial charge in [0.15, 0.2) is 0 Å². The summed E-state index contributed by atoms with van der Waals surface area (Å²) in [6.07, 6.45) is -2.60. The zero-order valence-electron chi connectivity index (χ0n) is 10.7. The Morgan fingerprint density at radius 2 is 2.05 bits per heavy atom. The average molecular weight is 288 g/mol. The molecule has 0 spiro atoms. The van der Waals surface area contributed by atoms with Gasteiger partial charge in [0.05, 0.1) is 5.56 Å². The van der Waals surface area contributed by atoms with Crippen LogP contribution in [0.3, 0.4) is 0 Å². The molecular formula is C13H15F3N2O2. The van der Waals surface area contributed by atoms with Gasteiger partial charge in [0.25, 0.3) is 0 Å². The summed E-state index contributed by atoms with van der Waals surface area (Å²) in [5.74, 6) is -1.02. The van der Waals surface area contributed by atoms with Crippen LogP contribution in [0.4, 0.5) is 24.5 Å². The van der Waals surface area contributed by atoms with Crippen molar-refractivity contribution >= 4 is 17.3 Å². The summed E-state index contributed by atoms with van der Waals surface area (Å²) in [4.78, 5) is 12.7. The van der Waals surface area contributed by atoms with Gasteiger partial charge in [-0.2, -0.15) is 13.2 Å². The fourth-order valence-corrected chi connectivity index (χ4v) is 2.47. The van der Waals surface area contributed by atoms with E-state index in [4.69, 9.17) is 10.8 Å². The molecular weight excluding hydrogens is 273 g/mol. The maximum Gasteiger partial charge on any atom is 0.418 e. The predicted molar refractivity (Wildman–Crippen MR) is 68.5 cm³/mol. The number of nitrogen functional groups attached to an aromatic ring is 1. The molecule has 4 nitrogen and oxygen atoms in total. The highest BCUT2D eigenvalue weighted by Crippen LogP contribution is 2.37. The lowest BCUT2D eigenvalue weighted by molar-refractivity contribution is -0.139. The van der Waals surface area contributed by atoms with Crippen LogP contribution in [0.15, 0.2) is 18.2 Å². The Bertz CT molecular complexity index is 517. The molecule has 2 rings (SSSR count). The van der Waals surface area contributed by atoms with Crippen LogP contribution in [-0.4, -0.2) is 23.7 Å². The highest BCUT2D eigenvalue weighted by molar-refractivity contribution is 5.79. The van der Waals surface area contributed by atoms with E-state index in [9.17, 15) is 18.0 Å². The smallest absolute Gasteiger partial charge is 0.418 e. The number of anilines is 2. The molecule has 110 valence electrons. The van der Waals surface area contributed by atoms with Crippen LogP contribution >= 0.6 is 0 Å². The number of benzene rings is 1. The van der Waals surface area contributed by atoms with Crippen molar-refractivity contribution in [3.05, 3.63) is 23.8 Å². The van der Waals surface area contributed by atoms with Crippen LogP contribution in [0.1, 0.15) is 24.8 Å². The van der Waals surface area contributed by atoms with E-state index >= 15 is 0 Å². The van der Waals surface area contributed by atoms with E-state index in [-0.39, 0.29) is 11.4 Å². The van der Waals surface area contributed by atoms with Gasteiger partial charge < -0.3 is 15.7 Å². The second-order valence-corrected chi connectivity index (χ2v) is 4.81. The molecule has 0 aromatic heterocycles. The molecule has 1 heterocycles. The zero-order valence-corrected chi connectivity index (χ0v) is 10.7. The summed E-state index contributed by atoms with van der Waals surface area (Å²) in [5.41, 5.74) is 4.31. The second-order valence-electron chi connectivity index (χ2n) is 4.81. The van der Waals surface area contributed by atoms with Gasteiger partial charge in [-0.1, -0.05) is 0 Å². The molecule has 20 heavy (non-hydrogen) atoms. The van der Waals surface area contributed by atoms with Crippen LogP contribution in [0, 0.1) is 0 Å². The summed E-state index contributed by atoms with van der Waals surface area (Å²) >= 11 is 0. The van der Waals surface area contributed by atoms with Crippen LogP contribution in [0.2, 0.25) is 0 Å². The molecule has 1 unspecified atom stereocenters. The van der Waals surface area contributed by atoms with Crippen molar-refractivity contribution < 1.29 is 23.1 Å². The van der Waals surface area contributed by atoms with E-state index in [0.29, 0.717) is 13.0 Å². The van der Waals surface area contributed by atoms with Crippen molar-refractivity contribution in [3.8, 4) is 0 Å². The third kappa shape index (κ3) is 2.81. The number of hydrogen-bond acceptors (Lipinski definition) is 3. The lowest BCUT2D eigenvalue weighted by atomic mass is 10.0. The van der Waals surface area contributed by atoms with Gasteiger partial charge in [0.2, 0.25) is 0 Å². The molecule has 3 N–H and O–H groups in total. The molecule has 1 saturated heterocycles. The molecule has 7 heteroatoms. The number of nitrogens with two attached hydrogens (primary N) is 1. The number of carbonyl (C=O) groups is 1. The van der Waals surface area contributed by atoms with Crippen LogP contribution in [0.25, 0.3) is 0 Å². The molecule has 1 aromatic rings. The summed E-state index contributed by atoms with van der Waals surface area (Å²) in [7, 11) is 0. The Morgan fingerprint density at radius 3 is 2.65 bits per heavy atom. The molecule has 0 saturated carbocycles. The Balaban J connectivity index is 2.39. The molecule has 0 bridgehead atoms. The number of carboxylic acid groups (broad SMARTS) is 1. The van der Waals surface area contributed by atoms with Crippen LogP contribution < -0.4 is 10.6 Å². The van der Waals surface area contributed by atoms with Crippen molar-refractivity contribution in [3.63, 3.8) is 0 Å². The topological polar surface area (TPSA) is 66.6 Å². The summed E-state index contributed by atoms with van der Waals surface area (Å²) in [5, 5.41) is 9.17. The minimum Gasteiger partial charge on any atom is -0.480 e. The molecule has 0 radical (unpaired) electrons. The molecule has 1 aliphatic heterocycles. The minimum absolute atomic E-state index is 0.249. The number of nitrogens with zero attached hydrogens (tertiary/aromatic N) is 1. The number of hydrogen-bond donors (Lipinski definition) is 2. The number of halogens is 3. The van der Waals surface area contributed by atoms with Crippen molar-refractivity contribution in [2.24, 2.45) is 0 Å². The minimum atomic E-state index is -4.55. The van der Waals surface area contributed by atoms with E-state index in [1.165, 1.54) is 17.0 Å². The first-order chi connectivity index (χ1) is 9.30. The monoisotopic (exact) mass is 288 g/mol. The summed E-state index contributed by atoms with van der Waals surface area (Å²) in [6.45, 7) is 0.429. The Labute approximate surface area is 114 Å². The van der Waals surface area contributed by atoms with Crippen molar-refractivity contribution in [1.82, 2.24) is 0 Å². The summed E-state index contributed by atoms with van der Waals surface area (Å²) < 4.78 is 38.5. The Morgan fingerprint density at radius 1 is 1.35 bits per heavy atom. The van der Waals surface area contributed by atoms with Crippen LogP contribution in [0.5, 0.6) is 0 Å². The zero-order chi connectivity index (χ0) is 14.9. The molecule has 0 aliphatic carbocycles. The predicted octanol–water partition coefficient (Wildman–Crippen LogP) is 2.73. The highest BCUT2D eigenvalue weighted by atomic mass is 19.4. The average Bonchev–Trinajstić information content (AvgIpc) is 2.38. The fraction of sp³-hybridized carbons (Fsp3) is 0.462. The highest BCUT2D eigenvalue weighted by Gasteiger charge is 2.35. The number of piperidine rings is 1. The van der Waals surface area contributed by atoms with Gasteiger partial charge in [-0.25, -0.2) is 4.79 Å². The molecule has 1 aliphatic rings. The van der Waals surface area contributed by atoms with Crippen molar-refractivity contribution in [1.29, 1.82) is 0 Å². The van der Waals surface area contributed by atoms with E-state index < -0.39 is 23.8 Å². The van der Waals surface area contributed by atoms with Gasteiger partial charge in [-0.3, -0.25) is 0 Å². The standard InChI is InChI=1S/C13H15F3N2O2/c14-13(15,16)9-7-8(4-5-10(9)17)18-6-2-1-3-11(18)12(19)20/h4-5,7,11H,1-3,6,17H2,(H,19,20). The lowest BCUT2D eigenvalue weighted by Gasteiger charge is -2.35. The van der Waals surface area contributed by atoms with Crippen molar-refractivity contribution in [2.45, 2.75) is 31.5 Å². The first-order valence-electron chi connectivity index (χ1n) is 6.27.